The van der Waals surface area contributed by atoms with Crippen molar-refractivity contribution in [3.63, 3.8) is 0 Å². The minimum absolute atomic E-state index is 0.0531. The Balaban J connectivity index is 1.29. The van der Waals surface area contributed by atoms with Crippen LogP contribution in [-0.4, -0.2) is 34.0 Å². The van der Waals surface area contributed by atoms with Crippen LogP contribution in [0, 0.1) is 0 Å². The summed E-state index contributed by atoms with van der Waals surface area (Å²) >= 11 is 1.59. The normalized spacial score (nSPS) is 16.5. The zero-order valence-electron chi connectivity index (χ0n) is 16.4. The number of amides is 1. The number of rotatable bonds is 4. The van der Waals surface area contributed by atoms with Crippen LogP contribution >= 0.6 is 11.3 Å². The lowest BCUT2D eigenvalue weighted by molar-refractivity contribution is 0.0695. The van der Waals surface area contributed by atoms with Gasteiger partial charge in [-0.2, -0.15) is 4.98 Å². The summed E-state index contributed by atoms with van der Waals surface area (Å²) in [4.78, 5) is 20.6. The SMILES string of the molecule is O=C(c1ccc(-c2ccccc2)cc1)N1CCCC(c2nc(-c3cccs3)no2)C1. The van der Waals surface area contributed by atoms with Crippen molar-refractivity contribution in [1.29, 1.82) is 0 Å². The monoisotopic (exact) mass is 415 g/mol. The fourth-order valence-electron chi connectivity index (χ4n) is 3.89. The molecule has 3 heterocycles. The molecule has 1 aliphatic rings. The number of aromatic nitrogens is 2. The lowest BCUT2D eigenvalue weighted by atomic mass is 9.97. The van der Waals surface area contributed by atoms with E-state index in [1.807, 2.05) is 64.9 Å². The average Bonchev–Trinajstić information content (AvgIpc) is 3.52. The molecular formula is C24H21N3O2S. The van der Waals surface area contributed by atoms with E-state index in [0.717, 1.165) is 35.4 Å². The number of carbonyl (C=O) groups is 1. The van der Waals surface area contributed by atoms with Crippen LogP contribution < -0.4 is 0 Å². The average molecular weight is 416 g/mol. The van der Waals surface area contributed by atoms with Gasteiger partial charge in [0, 0.05) is 18.7 Å². The molecular weight excluding hydrogens is 394 g/mol. The molecule has 0 bridgehead atoms. The van der Waals surface area contributed by atoms with E-state index in [1.165, 1.54) is 0 Å². The molecule has 0 radical (unpaired) electrons. The van der Waals surface area contributed by atoms with Crippen LogP contribution in [0.5, 0.6) is 0 Å². The molecule has 2 aromatic carbocycles. The van der Waals surface area contributed by atoms with Crippen molar-refractivity contribution in [3.05, 3.63) is 83.6 Å². The maximum absolute atomic E-state index is 13.1. The van der Waals surface area contributed by atoms with Crippen LogP contribution in [0.4, 0.5) is 0 Å². The molecule has 1 saturated heterocycles. The molecule has 0 saturated carbocycles. The molecule has 6 heteroatoms. The molecule has 30 heavy (non-hydrogen) atoms. The van der Waals surface area contributed by atoms with Gasteiger partial charge in [0.1, 0.15) is 0 Å². The molecule has 0 aliphatic carbocycles. The molecule has 150 valence electrons. The Morgan fingerprint density at radius 3 is 2.57 bits per heavy atom. The van der Waals surface area contributed by atoms with Gasteiger partial charge in [0.15, 0.2) is 0 Å². The van der Waals surface area contributed by atoms with E-state index >= 15 is 0 Å². The van der Waals surface area contributed by atoms with Crippen LogP contribution in [0.25, 0.3) is 21.8 Å². The van der Waals surface area contributed by atoms with Crippen LogP contribution in [-0.2, 0) is 0 Å². The van der Waals surface area contributed by atoms with Crippen LogP contribution in [0.15, 0.2) is 76.6 Å². The fraction of sp³-hybridized carbons (Fsp3) is 0.208. The lowest BCUT2D eigenvalue weighted by Crippen LogP contribution is -2.39. The molecule has 4 aromatic rings. The second kappa shape index (κ2) is 8.24. The van der Waals surface area contributed by atoms with Gasteiger partial charge in [0.2, 0.25) is 11.7 Å². The third-order valence-corrected chi connectivity index (χ3v) is 6.35. The first-order valence-electron chi connectivity index (χ1n) is 10.1. The van der Waals surface area contributed by atoms with Gasteiger partial charge in [-0.1, -0.05) is 53.7 Å². The smallest absolute Gasteiger partial charge is 0.253 e. The molecule has 0 spiro atoms. The first kappa shape index (κ1) is 18.8. The number of benzene rings is 2. The predicted molar refractivity (Wildman–Crippen MR) is 117 cm³/mol. The molecule has 1 fully saturated rings. The van der Waals surface area contributed by atoms with E-state index in [0.29, 0.717) is 23.8 Å². The lowest BCUT2D eigenvalue weighted by Gasteiger charge is -2.31. The molecule has 0 N–H and O–H groups in total. The maximum Gasteiger partial charge on any atom is 0.253 e. The molecule has 1 unspecified atom stereocenters. The summed E-state index contributed by atoms with van der Waals surface area (Å²) in [6.07, 6.45) is 1.87. The van der Waals surface area contributed by atoms with Crippen molar-refractivity contribution in [3.8, 4) is 21.8 Å². The van der Waals surface area contributed by atoms with Crippen molar-refractivity contribution in [2.24, 2.45) is 0 Å². The van der Waals surface area contributed by atoms with Crippen LogP contribution in [0.2, 0.25) is 0 Å². The highest BCUT2D eigenvalue weighted by Crippen LogP contribution is 2.30. The summed E-state index contributed by atoms with van der Waals surface area (Å²) in [5.74, 6) is 1.38. The van der Waals surface area contributed by atoms with E-state index in [9.17, 15) is 4.79 Å². The fourth-order valence-corrected chi connectivity index (χ4v) is 4.54. The summed E-state index contributed by atoms with van der Waals surface area (Å²) < 4.78 is 5.53. The van der Waals surface area contributed by atoms with Crippen molar-refractivity contribution in [1.82, 2.24) is 15.0 Å². The van der Waals surface area contributed by atoms with Gasteiger partial charge >= 0.3 is 0 Å². The van der Waals surface area contributed by atoms with Crippen LogP contribution in [0.3, 0.4) is 0 Å². The van der Waals surface area contributed by atoms with Gasteiger partial charge in [0.05, 0.1) is 10.8 Å². The van der Waals surface area contributed by atoms with Gasteiger partial charge < -0.3 is 9.42 Å². The molecule has 1 amide bonds. The topological polar surface area (TPSA) is 59.2 Å². The Hall–Kier alpha value is -3.25. The number of hydrogen-bond donors (Lipinski definition) is 0. The van der Waals surface area contributed by atoms with Gasteiger partial charge in [-0.15, -0.1) is 11.3 Å². The maximum atomic E-state index is 13.1. The third kappa shape index (κ3) is 3.78. The summed E-state index contributed by atoms with van der Waals surface area (Å²) in [5.41, 5.74) is 2.96. The minimum Gasteiger partial charge on any atom is -0.339 e. The Bertz CT molecular complexity index is 1120. The number of hydrogen-bond acceptors (Lipinski definition) is 5. The van der Waals surface area contributed by atoms with Crippen molar-refractivity contribution >= 4 is 17.2 Å². The third-order valence-electron chi connectivity index (χ3n) is 5.48. The number of carbonyl (C=O) groups excluding carboxylic acids is 1. The summed E-state index contributed by atoms with van der Waals surface area (Å²) in [7, 11) is 0. The Labute approximate surface area is 179 Å². The van der Waals surface area contributed by atoms with Crippen molar-refractivity contribution in [2.75, 3.05) is 13.1 Å². The second-order valence-electron chi connectivity index (χ2n) is 7.47. The predicted octanol–water partition coefficient (Wildman–Crippen LogP) is 5.48. The summed E-state index contributed by atoms with van der Waals surface area (Å²) in [6, 6.07) is 22.0. The second-order valence-corrected chi connectivity index (χ2v) is 8.41. The zero-order chi connectivity index (χ0) is 20.3. The minimum atomic E-state index is 0.0531. The van der Waals surface area contributed by atoms with Crippen molar-refractivity contribution < 1.29 is 9.32 Å². The molecule has 5 nitrogen and oxygen atoms in total. The van der Waals surface area contributed by atoms with Crippen molar-refractivity contribution in [2.45, 2.75) is 18.8 Å². The van der Waals surface area contributed by atoms with E-state index in [1.54, 1.807) is 11.3 Å². The van der Waals surface area contributed by atoms with E-state index < -0.39 is 0 Å². The van der Waals surface area contributed by atoms with E-state index in [2.05, 4.69) is 22.3 Å². The first-order valence-corrected chi connectivity index (χ1v) is 11.0. The first-order chi connectivity index (χ1) is 14.8. The molecule has 1 atom stereocenters. The van der Waals surface area contributed by atoms with E-state index in [-0.39, 0.29) is 11.8 Å². The Kier molecular flexibility index (Phi) is 5.15. The number of thiophene rings is 1. The van der Waals surface area contributed by atoms with E-state index in [4.69, 9.17) is 4.52 Å². The number of piperidine rings is 1. The largest absolute Gasteiger partial charge is 0.339 e. The highest BCUT2D eigenvalue weighted by atomic mass is 32.1. The zero-order valence-corrected chi connectivity index (χ0v) is 17.2. The highest BCUT2D eigenvalue weighted by molar-refractivity contribution is 7.13. The molecule has 5 rings (SSSR count). The molecule has 1 aliphatic heterocycles. The highest BCUT2D eigenvalue weighted by Gasteiger charge is 2.29. The van der Waals surface area contributed by atoms with Gasteiger partial charge in [0.25, 0.3) is 5.91 Å². The standard InChI is InChI=1S/C24H21N3O2S/c28-24(19-12-10-18(11-13-19)17-6-2-1-3-7-17)27-14-4-8-20(16-27)23-25-22(26-29-23)21-9-5-15-30-21/h1-3,5-7,9-13,15,20H,4,8,14,16H2. The Morgan fingerprint density at radius 2 is 1.80 bits per heavy atom. The van der Waals surface area contributed by atoms with Crippen LogP contribution in [0.1, 0.15) is 35.0 Å². The molecule has 2 aromatic heterocycles. The Morgan fingerprint density at radius 1 is 1.00 bits per heavy atom. The van der Waals surface area contributed by atoms with Gasteiger partial charge in [-0.25, -0.2) is 0 Å². The summed E-state index contributed by atoms with van der Waals surface area (Å²) in [5, 5.41) is 6.12. The quantitative estimate of drug-likeness (QED) is 0.442. The number of nitrogens with zero attached hydrogens (tertiary/aromatic N) is 3. The number of likely N-dealkylation sites (tertiary alicyclic amines) is 1. The summed E-state index contributed by atoms with van der Waals surface area (Å²) in [6.45, 7) is 1.35. The van der Waals surface area contributed by atoms with Gasteiger partial charge in [-0.3, -0.25) is 4.79 Å². The van der Waals surface area contributed by atoms with Gasteiger partial charge in [-0.05, 0) is 47.5 Å².